The molecule has 3 aliphatic heterocycles. The van der Waals surface area contributed by atoms with E-state index in [2.05, 4.69) is 19.9 Å². The van der Waals surface area contributed by atoms with Crippen molar-refractivity contribution in [2.24, 2.45) is 5.92 Å². The predicted octanol–water partition coefficient (Wildman–Crippen LogP) is 2.81. The lowest BCUT2D eigenvalue weighted by atomic mass is 9.86. The highest BCUT2D eigenvalue weighted by atomic mass is 16.8. The van der Waals surface area contributed by atoms with Crippen molar-refractivity contribution >= 4 is 11.9 Å². The van der Waals surface area contributed by atoms with Crippen molar-refractivity contribution in [3.05, 3.63) is 108 Å². The summed E-state index contributed by atoms with van der Waals surface area (Å²) in [5, 5.41) is 96.3. The molecular formula is C47H64O17. The Hall–Kier alpha value is -4.50. The first-order valence-corrected chi connectivity index (χ1v) is 21.5. The predicted molar refractivity (Wildman–Crippen MR) is 231 cm³/mol. The Labute approximate surface area is 373 Å². The van der Waals surface area contributed by atoms with Gasteiger partial charge in [0.05, 0.1) is 31.0 Å². The van der Waals surface area contributed by atoms with E-state index in [1.54, 1.807) is 31.2 Å². The number of rotatable bonds is 21. The molecule has 0 bridgehead atoms. The van der Waals surface area contributed by atoms with Crippen molar-refractivity contribution in [1.82, 2.24) is 0 Å². The molecule has 0 radical (unpaired) electrons. The fraction of sp³-hybridized carbons (Fsp3) is 0.532. The highest BCUT2D eigenvalue weighted by Gasteiger charge is 2.63. The van der Waals surface area contributed by atoms with Gasteiger partial charge in [-0.05, 0) is 55.7 Å². The van der Waals surface area contributed by atoms with Crippen molar-refractivity contribution in [2.45, 2.75) is 140 Å². The van der Waals surface area contributed by atoms with Gasteiger partial charge in [0, 0.05) is 18.2 Å². The van der Waals surface area contributed by atoms with Gasteiger partial charge in [-0.15, -0.1) is 0 Å². The van der Waals surface area contributed by atoms with Crippen molar-refractivity contribution in [2.75, 3.05) is 13.2 Å². The van der Waals surface area contributed by atoms with Crippen LogP contribution >= 0.6 is 0 Å². The number of fused-ring (bicyclic) bond motifs is 2. The van der Waals surface area contributed by atoms with Crippen LogP contribution in [-0.4, -0.2) is 138 Å². The Morgan fingerprint density at radius 2 is 1.59 bits per heavy atom. The second-order valence-corrected chi connectivity index (χ2v) is 16.0. The zero-order chi connectivity index (χ0) is 47.0. The zero-order valence-corrected chi connectivity index (χ0v) is 36.5. The monoisotopic (exact) mass is 900 g/mol. The summed E-state index contributed by atoms with van der Waals surface area (Å²) in [5.41, 5.74) is 0.834. The molecule has 3 heterocycles. The molecule has 354 valence electrons. The zero-order valence-electron chi connectivity index (χ0n) is 36.5. The molecular weight excluding hydrogens is 837 g/mol. The van der Waals surface area contributed by atoms with Crippen LogP contribution in [0.2, 0.25) is 0 Å². The van der Waals surface area contributed by atoms with Gasteiger partial charge < -0.3 is 74.4 Å². The largest absolute Gasteiger partial charge is 0.508 e. The number of hydrogen-bond donors (Lipinski definition) is 9. The SMILES string of the molecule is CCC(O)/C=C/C=C\C=C\C(=O)OC[C@@H]1O[C@@H](O[C@H]2[C@@H](OC(=O)/C=C/C=C/CC(O)/C(C)=C/C=C/CCC(C)CC)[C@H](O)C3(OCc4cc(O)cc(O)c43)O[C@H]2CO)[C@@H](O)[C@@H](O)[C@H]1O. The summed E-state index contributed by atoms with van der Waals surface area (Å²) in [6.07, 6.45) is 6.33. The second-order valence-electron chi connectivity index (χ2n) is 16.0. The highest BCUT2D eigenvalue weighted by Crippen LogP contribution is 2.51. The fourth-order valence-electron chi connectivity index (χ4n) is 7.09. The Morgan fingerprint density at radius 3 is 2.31 bits per heavy atom. The topological polar surface area (TPSA) is 272 Å². The lowest BCUT2D eigenvalue weighted by molar-refractivity contribution is -0.395. The van der Waals surface area contributed by atoms with Crippen LogP contribution in [0.5, 0.6) is 11.5 Å². The molecule has 0 aromatic heterocycles. The first-order chi connectivity index (χ1) is 30.6. The number of ether oxygens (including phenoxy) is 6. The number of hydrogen-bond acceptors (Lipinski definition) is 17. The molecule has 9 N–H and O–H groups in total. The number of allylic oxidation sites excluding steroid dienone is 9. The van der Waals surface area contributed by atoms with E-state index in [9.17, 15) is 55.5 Å². The summed E-state index contributed by atoms with van der Waals surface area (Å²) >= 11 is 0. The maximum absolute atomic E-state index is 13.4. The first-order valence-electron chi connectivity index (χ1n) is 21.5. The van der Waals surface area contributed by atoms with Gasteiger partial charge in [-0.2, -0.15) is 0 Å². The maximum atomic E-state index is 13.4. The van der Waals surface area contributed by atoms with Gasteiger partial charge in [-0.3, -0.25) is 0 Å². The molecule has 0 aliphatic carbocycles. The van der Waals surface area contributed by atoms with Crippen LogP contribution in [-0.2, 0) is 50.4 Å². The molecule has 1 aromatic rings. The average molecular weight is 901 g/mol. The van der Waals surface area contributed by atoms with Crippen molar-refractivity contribution < 1.29 is 84.0 Å². The summed E-state index contributed by atoms with van der Waals surface area (Å²) in [6, 6.07) is 2.25. The third-order valence-electron chi connectivity index (χ3n) is 11.2. The summed E-state index contributed by atoms with van der Waals surface area (Å²) in [4.78, 5) is 25.8. The Balaban J connectivity index is 1.51. The summed E-state index contributed by atoms with van der Waals surface area (Å²) < 4.78 is 34.6. The minimum Gasteiger partial charge on any atom is -0.508 e. The number of aliphatic hydroxyl groups excluding tert-OH is 7. The Morgan fingerprint density at radius 1 is 0.875 bits per heavy atom. The lowest BCUT2D eigenvalue weighted by Gasteiger charge is -2.50. The summed E-state index contributed by atoms with van der Waals surface area (Å²) in [6.45, 7) is 6.16. The number of benzene rings is 1. The van der Waals surface area contributed by atoms with Gasteiger partial charge in [0.25, 0.3) is 0 Å². The van der Waals surface area contributed by atoms with E-state index in [1.807, 2.05) is 19.1 Å². The average Bonchev–Trinajstić information content (AvgIpc) is 3.64. The number of carbonyl (C=O) groups excluding carboxylic acids is 2. The molecule has 0 saturated carbocycles. The van der Waals surface area contributed by atoms with E-state index < -0.39 is 104 Å². The molecule has 1 spiro atoms. The van der Waals surface area contributed by atoms with Crippen LogP contribution in [0.15, 0.2) is 96.7 Å². The van der Waals surface area contributed by atoms with Crippen LogP contribution in [0.1, 0.15) is 70.9 Å². The van der Waals surface area contributed by atoms with Gasteiger partial charge in [0.1, 0.15) is 54.7 Å². The standard InChI is InChI=1S/C47H64O17/c1-5-28(3)17-11-9-12-18-29(4)33(51)20-14-10-16-22-38(54)62-44-43(35(25-48)64-47(45(44)58)39-30(26-60-47)23-32(50)24-34(39)52)63-46-42(57)41(56)40(55)36(61-46)27-59-37(53)21-15-8-7-13-19-31(49)6-2/h7-10,12-16,18-19,21-24,28,31,33,35-36,40-46,48-52,55-58H,5-6,11,17,20,25-27H2,1-4H3/b8-7-,12-9+,14-10+,19-13+,21-15+,22-16+,29-18+/t28?,31?,33?,35-,36-,40-,41-,42-,43+,44+,45-,46-,47?/m0/s1. The Kier molecular flexibility index (Phi) is 20.6. The lowest BCUT2D eigenvalue weighted by Crippen LogP contribution is -2.67. The number of esters is 2. The van der Waals surface area contributed by atoms with Crippen molar-refractivity contribution in [1.29, 1.82) is 0 Å². The maximum Gasteiger partial charge on any atom is 0.331 e. The minimum atomic E-state index is -2.28. The van der Waals surface area contributed by atoms with Gasteiger partial charge in [-0.1, -0.05) is 94.0 Å². The summed E-state index contributed by atoms with van der Waals surface area (Å²) in [7, 11) is 0. The van der Waals surface area contributed by atoms with Crippen LogP contribution in [0.4, 0.5) is 0 Å². The normalized spacial score (nSPS) is 30.4. The fourth-order valence-corrected chi connectivity index (χ4v) is 7.09. The molecule has 17 heteroatoms. The van der Waals surface area contributed by atoms with E-state index in [0.29, 0.717) is 12.3 Å². The van der Waals surface area contributed by atoms with E-state index in [4.69, 9.17) is 28.4 Å². The number of aliphatic hydroxyl groups is 7. The third kappa shape index (κ3) is 14.0. The molecule has 0 amide bonds. The molecule has 13 atom stereocenters. The number of aromatic hydroxyl groups is 2. The number of carbonyl (C=O) groups is 2. The molecule has 17 nitrogen and oxygen atoms in total. The van der Waals surface area contributed by atoms with E-state index in [1.165, 1.54) is 30.4 Å². The summed E-state index contributed by atoms with van der Waals surface area (Å²) in [5.74, 6) is -4.40. The van der Waals surface area contributed by atoms with Crippen LogP contribution in [0, 0.1) is 5.92 Å². The van der Waals surface area contributed by atoms with Crippen molar-refractivity contribution in [3.63, 3.8) is 0 Å². The molecule has 2 fully saturated rings. The van der Waals surface area contributed by atoms with E-state index in [-0.39, 0.29) is 29.9 Å². The van der Waals surface area contributed by atoms with Gasteiger partial charge in [0.15, 0.2) is 18.5 Å². The van der Waals surface area contributed by atoms with Crippen LogP contribution in [0.3, 0.4) is 0 Å². The molecule has 1 aromatic carbocycles. The quantitative estimate of drug-likeness (QED) is 0.0488. The number of phenols is 2. The Bertz CT molecular complexity index is 1890. The van der Waals surface area contributed by atoms with Gasteiger partial charge in [0.2, 0.25) is 5.79 Å². The molecule has 4 unspecified atom stereocenters. The highest BCUT2D eigenvalue weighted by molar-refractivity contribution is 5.82. The molecule has 3 aliphatic rings. The third-order valence-corrected chi connectivity index (χ3v) is 11.2. The van der Waals surface area contributed by atoms with Gasteiger partial charge >= 0.3 is 11.9 Å². The van der Waals surface area contributed by atoms with Crippen molar-refractivity contribution in [3.8, 4) is 11.5 Å². The smallest absolute Gasteiger partial charge is 0.331 e. The van der Waals surface area contributed by atoms with Gasteiger partial charge in [-0.25, -0.2) is 9.59 Å². The molecule has 4 rings (SSSR count). The van der Waals surface area contributed by atoms with Crippen LogP contribution in [0.25, 0.3) is 0 Å². The van der Waals surface area contributed by atoms with E-state index in [0.717, 1.165) is 43.1 Å². The molecule has 2 saturated heterocycles. The number of phenolic OH excluding ortho intramolecular Hbond substituents is 2. The first kappa shape index (κ1) is 52.1. The second kappa shape index (κ2) is 25.3. The molecule has 64 heavy (non-hydrogen) atoms. The van der Waals surface area contributed by atoms with E-state index >= 15 is 0 Å². The van der Waals surface area contributed by atoms with Crippen LogP contribution < -0.4 is 0 Å². The minimum absolute atomic E-state index is 0.121.